The third kappa shape index (κ3) is 5.84. The van der Waals surface area contributed by atoms with Crippen molar-refractivity contribution >= 4 is 29.9 Å². The third-order valence-corrected chi connectivity index (χ3v) is 5.43. The average molecular weight is 456 g/mol. The molecule has 0 spiro atoms. The molecular formula is C20H33IN4. The van der Waals surface area contributed by atoms with Crippen LogP contribution in [0.5, 0.6) is 0 Å². The summed E-state index contributed by atoms with van der Waals surface area (Å²) in [5, 5.41) is 3.51. The van der Waals surface area contributed by atoms with Gasteiger partial charge in [-0.2, -0.15) is 0 Å². The molecule has 0 aliphatic carbocycles. The summed E-state index contributed by atoms with van der Waals surface area (Å²) < 4.78 is 0. The zero-order chi connectivity index (χ0) is 16.8. The molecule has 1 unspecified atom stereocenters. The SMILES string of the molecule is CCNC(=NCC1CCN(C)CC1)N1CCC(c2ccccc2)C1.I. The zero-order valence-electron chi connectivity index (χ0n) is 15.7. The molecule has 5 heteroatoms. The van der Waals surface area contributed by atoms with E-state index in [1.165, 1.54) is 37.9 Å². The average Bonchev–Trinajstić information content (AvgIpc) is 3.11. The summed E-state index contributed by atoms with van der Waals surface area (Å²) in [7, 11) is 2.22. The molecule has 2 heterocycles. The molecule has 25 heavy (non-hydrogen) atoms. The van der Waals surface area contributed by atoms with E-state index in [1.807, 2.05) is 0 Å². The Hall–Kier alpha value is -0.820. The van der Waals surface area contributed by atoms with Crippen LogP contribution in [0.15, 0.2) is 35.3 Å². The number of hydrogen-bond acceptors (Lipinski definition) is 2. The Labute approximate surface area is 170 Å². The fourth-order valence-electron chi connectivity index (χ4n) is 3.84. The van der Waals surface area contributed by atoms with Crippen LogP contribution in [0.2, 0.25) is 0 Å². The number of benzene rings is 1. The molecule has 0 bridgehead atoms. The molecule has 0 aromatic heterocycles. The molecule has 0 saturated carbocycles. The van der Waals surface area contributed by atoms with Crippen molar-refractivity contribution in [1.29, 1.82) is 0 Å². The number of piperidine rings is 1. The number of aliphatic imine (C=N–C) groups is 1. The number of nitrogens with zero attached hydrogens (tertiary/aromatic N) is 3. The summed E-state index contributed by atoms with van der Waals surface area (Å²) >= 11 is 0. The normalized spacial score (nSPS) is 22.7. The van der Waals surface area contributed by atoms with Gasteiger partial charge in [-0.15, -0.1) is 24.0 Å². The smallest absolute Gasteiger partial charge is 0.193 e. The lowest BCUT2D eigenvalue weighted by molar-refractivity contribution is 0.223. The van der Waals surface area contributed by atoms with Crippen molar-refractivity contribution in [3.63, 3.8) is 0 Å². The van der Waals surface area contributed by atoms with E-state index < -0.39 is 0 Å². The molecule has 4 nitrogen and oxygen atoms in total. The molecule has 1 N–H and O–H groups in total. The summed E-state index contributed by atoms with van der Waals surface area (Å²) in [6, 6.07) is 10.9. The first-order chi connectivity index (χ1) is 11.8. The van der Waals surface area contributed by atoms with E-state index in [0.717, 1.165) is 38.1 Å². The number of nitrogens with one attached hydrogen (secondary N) is 1. The molecule has 0 amide bonds. The molecule has 2 saturated heterocycles. The minimum atomic E-state index is 0. The van der Waals surface area contributed by atoms with Gasteiger partial charge in [-0.25, -0.2) is 0 Å². The van der Waals surface area contributed by atoms with Crippen LogP contribution in [0.3, 0.4) is 0 Å². The van der Waals surface area contributed by atoms with Crippen molar-refractivity contribution in [2.45, 2.75) is 32.1 Å². The lowest BCUT2D eigenvalue weighted by Gasteiger charge is -2.28. The van der Waals surface area contributed by atoms with Gasteiger partial charge in [0.2, 0.25) is 0 Å². The summed E-state index contributed by atoms with van der Waals surface area (Å²) in [4.78, 5) is 9.87. The maximum atomic E-state index is 4.99. The van der Waals surface area contributed by atoms with E-state index in [2.05, 4.69) is 59.4 Å². The zero-order valence-corrected chi connectivity index (χ0v) is 18.0. The van der Waals surface area contributed by atoms with E-state index in [9.17, 15) is 0 Å². The summed E-state index contributed by atoms with van der Waals surface area (Å²) in [6.07, 6.45) is 3.79. The molecule has 140 valence electrons. The van der Waals surface area contributed by atoms with Crippen LogP contribution in [0, 0.1) is 5.92 Å². The maximum absolute atomic E-state index is 4.99. The molecule has 3 rings (SSSR count). The first-order valence-electron chi connectivity index (χ1n) is 9.53. The number of halogens is 1. The lowest BCUT2D eigenvalue weighted by Crippen LogP contribution is -2.40. The minimum Gasteiger partial charge on any atom is -0.357 e. The fraction of sp³-hybridized carbons (Fsp3) is 0.650. The molecule has 1 aromatic rings. The van der Waals surface area contributed by atoms with Crippen LogP contribution in [-0.4, -0.2) is 62.1 Å². The topological polar surface area (TPSA) is 30.9 Å². The number of guanidine groups is 1. The van der Waals surface area contributed by atoms with Crippen molar-refractivity contribution in [1.82, 2.24) is 15.1 Å². The van der Waals surface area contributed by atoms with Gasteiger partial charge in [0.05, 0.1) is 0 Å². The van der Waals surface area contributed by atoms with Gasteiger partial charge in [0.1, 0.15) is 0 Å². The lowest BCUT2D eigenvalue weighted by atomic mass is 9.97. The first-order valence-corrected chi connectivity index (χ1v) is 9.53. The van der Waals surface area contributed by atoms with Gasteiger partial charge in [-0.3, -0.25) is 4.99 Å². The third-order valence-electron chi connectivity index (χ3n) is 5.43. The predicted molar refractivity (Wildman–Crippen MR) is 117 cm³/mol. The predicted octanol–water partition coefficient (Wildman–Crippen LogP) is 3.40. The van der Waals surface area contributed by atoms with E-state index in [-0.39, 0.29) is 24.0 Å². The number of likely N-dealkylation sites (tertiary alicyclic amines) is 2. The van der Waals surface area contributed by atoms with Crippen molar-refractivity contribution in [3.05, 3.63) is 35.9 Å². The van der Waals surface area contributed by atoms with E-state index in [1.54, 1.807) is 0 Å². The molecule has 1 atom stereocenters. The molecular weight excluding hydrogens is 423 g/mol. The van der Waals surface area contributed by atoms with Crippen molar-refractivity contribution in [3.8, 4) is 0 Å². The molecule has 2 aliphatic heterocycles. The van der Waals surface area contributed by atoms with Crippen molar-refractivity contribution in [2.75, 3.05) is 46.3 Å². The molecule has 1 aromatic carbocycles. The second-order valence-electron chi connectivity index (χ2n) is 7.28. The van der Waals surface area contributed by atoms with Gasteiger partial charge in [0.15, 0.2) is 5.96 Å². The summed E-state index contributed by atoms with van der Waals surface area (Å²) in [5.41, 5.74) is 1.46. The van der Waals surface area contributed by atoms with E-state index in [4.69, 9.17) is 4.99 Å². The van der Waals surface area contributed by atoms with Crippen molar-refractivity contribution < 1.29 is 0 Å². The molecule has 0 radical (unpaired) electrons. The van der Waals surface area contributed by atoms with Crippen molar-refractivity contribution in [2.24, 2.45) is 10.9 Å². The maximum Gasteiger partial charge on any atom is 0.193 e. The minimum absolute atomic E-state index is 0. The van der Waals surface area contributed by atoms with Gasteiger partial charge in [0.25, 0.3) is 0 Å². The van der Waals surface area contributed by atoms with E-state index in [0.29, 0.717) is 5.92 Å². The van der Waals surface area contributed by atoms with Gasteiger partial charge < -0.3 is 15.1 Å². The monoisotopic (exact) mass is 456 g/mol. The van der Waals surface area contributed by atoms with Crippen LogP contribution >= 0.6 is 24.0 Å². The second kappa shape index (κ2) is 10.4. The first kappa shape index (κ1) is 20.5. The van der Waals surface area contributed by atoms with Crippen LogP contribution < -0.4 is 5.32 Å². The number of hydrogen-bond donors (Lipinski definition) is 1. The van der Waals surface area contributed by atoms with Gasteiger partial charge >= 0.3 is 0 Å². The fourth-order valence-corrected chi connectivity index (χ4v) is 3.84. The largest absolute Gasteiger partial charge is 0.357 e. The molecule has 2 fully saturated rings. The second-order valence-corrected chi connectivity index (χ2v) is 7.28. The van der Waals surface area contributed by atoms with Crippen LogP contribution in [0.4, 0.5) is 0 Å². The Morgan fingerprint density at radius 3 is 2.52 bits per heavy atom. The Morgan fingerprint density at radius 1 is 1.12 bits per heavy atom. The van der Waals surface area contributed by atoms with Gasteiger partial charge in [0, 0.05) is 32.1 Å². The highest BCUT2D eigenvalue weighted by Gasteiger charge is 2.26. The van der Waals surface area contributed by atoms with Crippen LogP contribution in [0.1, 0.15) is 37.7 Å². The highest BCUT2D eigenvalue weighted by Crippen LogP contribution is 2.27. The summed E-state index contributed by atoms with van der Waals surface area (Å²) in [5.74, 6) is 2.51. The summed E-state index contributed by atoms with van der Waals surface area (Å²) in [6.45, 7) is 8.71. The van der Waals surface area contributed by atoms with Gasteiger partial charge in [-0.1, -0.05) is 30.3 Å². The molecule has 2 aliphatic rings. The Bertz CT molecular complexity index is 526. The van der Waals surface area contributed by atoms with E-state index >= 15 is 0 Å². The number of rotatable bonds is 4. The highest BCUT2D eigenvalue weighted by atomic mass is 127. The van der Waals surface area contributed by atoms with Crippen LogP contribution in [-0.2, 0) is 0 Å². The Morgan fingerprint density at radius 2 is 1.84 bits per heavy atom. The highest BCUT2D eigenvalue weighted by molar-refractivity contribution is 14.0. The van der Waals surface area contributed by atoms with Gasteiger partial charge in [-0.05, 0) is 57.8 Å². The standard InChI is InChI=1S/C20H32N4.HI/c1-3-21-20(22-15-17-9-12-23(2)13-10-17)24-14-11-19(16-24)18-7-5-4-6-8-18;/h4-8,17,19H,3,9-16H2,1-2H3,(H,21,22);1H. The van der Waals surface area contributed by atoms with Crippen LogP contribution in [0.25, 0.3) is 0 Å². The quantitative estimate of drug-likeness (QED) is 0.428. The Kier molecular flexibility index (Phi) is 8.49. The Balaban J connectivity index is 0.00000225.